The van der Waals surface area contributed by atoms with Gasteiger partial charge in [0.2, 0.25) is 5.91 Å². The van der Waals surface area contributed by atoms with Crippen molar-refractivity contribution in [3.8, 4) is 11.1 Å². The maximum atomic E-state index is 13.1. The molecular weight excluding hydrogens is 436 g/mol. The minimum absolute atomic E-state index is 0.0299. The van der Waals surface area contributed by atoms with Crippen molar-refractivity contribution >= 4 is 18.0 Å². The number of carbonyl (C=O) groups excluding carboxylic acids is 2. The van der Waals surface area contributed by atoms with Crippen LogP contribution in [0.15, 0.2) is 48.5 Å². The first-order chi connectivity index (χ1) is 16.3. The van der Waals surface area contributed by atoms with E-state index in [0.29, 0.717) is 6.42 Å². The predicted molar refractivity (Wildman–Crippen MR) is 128 cm³/mol. The third kappa shape index (κ3) is 5.56. The van der Waals surface area contributed by atoms with E-state index < -0.39 is 24.0 Å². The van der Waals surface area contributed by atoms with E-state index in [4.69, 9.17) is 9.47 Å². The first-order valence-electron chi connectivity index (χ1n) is 11.4. The SMILES string of the molecule is CCC(C)(CNC(=O)OCC1c2ccccc2-c2ccccc21)C(=O)N(CCOC)CC(=O)O. The number of methoxy groups -OCH3 is 1. The number of nitrogens with one attached hydrogen (secondary N) is 1. The van der Waals surface area contributed by atoms with Crippen LogP contribution in [-0.2, 0) is 19.1 Å². The maximum absolute atomic E-state index is 13.1. The average molecular weight is 469 g/mol. The van der Waals surface area contributed by atoms with Crippen molar-refractivity contribution in [1.82, 2.24) is 10.2 Å². The van der Waals surface area contributed by atoms with Crippen LogP contribution in [0.4, 0.5) is 4.79 Å². The van der Waals surface area contributed by atoms with Gasteiger partial charge in [0.05, 0.1) is 12.0 Å². The zero-order valence-corrected chi connectivity index (χ0v) is 19.9. The monoisotopic (exact) mass is 468 g/mol. The molecule has 3 rings (SSSR count). The van der Waals surface area contributed by atoms with Crippen LogP contribution < -0.4 is 5.32 Å². The Morgan fingerprint density at radius 2 is 1.65 bits per heavy atom. The number of fused-ring (bicyclic) bond motifs is 3. The summed E-state index contributed by atoms with van der Waals surface area (Å²) in [6.45, 7) is 3.69. The normalized spacial score (nSPS) is 14.0. The van der Waals surface area contributed by atoms with Crippen LogP contribution in [0.3, 0.4) is 0 Å². The third-order valence-electron chi connectivity index (χ3n) is 6.44. The lowest BCUT2D eigenvalue weighted by Crippen LogP contribution is -2.50. The number of rotatable bonds is 11. The molecule has 0 fully saturated rings. The number of carboxylic acid groups (broad SMARTS) is 1. The second kappa shape index (κ2) is 11.2. The molecule has 2 N–H and O–H groups in total. The van der Waals surface area contributed by atoms with Gasteiger partial charge in [-0.05, 0) is 35.6 Å². The number of carboxylic acids is 1. The number of benzene rings is 2. The molecule has 0 spiro atoms. The number of hydrogen-bond acceptors (Lipinski definition) is 5. The fourth-order valence-corrected chi connectivity index (χ4v) is 4.27. The lowest BCUT2D eigenvalue weighted by atomic mass is 9.85. The van der Waals surface area contributed by atoms with Crippen molar-refractivity contribution in [3.63, 3.8) is 0 Å². The van der Waals surface area contributed by atoms with Crippen molar-refractivity contribution in [2.45, 2.75) is 26.2 Å². The highest BCUT2D eigenvalue weighted by molar-refractivity contribution is 5.86. The van der Waals surface area contributed by atoms with E-state index in [0.717, 1.165) is 22.3 Å². The highest BCUT2D eigenvalue weighted by Gasteiger charge is 2.36. The lowest BCUT2D eigenvalue weighted by molar-refractivity contribution is -0.150. The molecule has 1 unspecified atom stereocenters. The summed E-state index contributed by atoms with van der Waals surface area (Å²) in [4.78, 5) is 38.1. The summed E-state index contributed by atoms with van der Waals surface area (Å²) in [6.07, 6.45) is -0.200. The van der Waals surface area contributed by atoms with Gasteiger partial charge in [-0.2, -0.15) is 0 Å². The number of aliphatic carboxylic acids is 1. The quantitative estimate of drug-likeness (QED) is 0.523. The molecule has 1 aliphatic carbocycles. The van der Waals surface area contributed by atoms with Gasteiger partial charge in [0.25, 0.3) is 0 Å². The highest BCUT2D eigenvalue weighted by Crippen LogP contribution is 2.44. The minimum atomic E-state index is -1.10. The molecule has 0 bridgehead atoms. The van der Waals surface area contributed by atoms with Gasteiger partial charge in [0.15, 0.2) is 0 Å². The number of ether oxygens (including phenoxy) is 2. The molecule has 0 aromatic heterocycles. The molecule has 0 aliphatic heterocycles. The Bertz CT molecular complexity index is 994. The lowest BCUT2D eigenvalue weighted by Gasteiger charge is -2.33. The molecule has 8 heteroatoms. The Labute approximate surface area is 199 Å². The number of alkyl carbamates (subject to hydrolysis) is 1. The van der Waals surface area contributed by atoms with Gasteiger partial charge in [-0.1, -0.05) is 55.5 Å². The van der Waals surface area contributed by atoms with Gasteiger partial charge in [-0.3, -0.25) is 9.59 Å². The Balaban J connectivity index is 1.62. The molecule has 34 heavy (non-hydrogen) atoms. The molecular formula is C26H32N2O6. The Kier molecular flexibility index (Phi) is 8.28. The van der Waals surface area contributed by atoms with E-state index in [-0.39, 0.29) is 38.1 Å². The van der Waals surface area contributed by atoms with Crippen LogP contribution in [0.25, 0.3) is 11.1 Å². The first-order valence-corrected chi connectivity index (χ1v) is 11.4. The van der Waals surface area contributed by atoms with Gasteiger partial charge in [0, 0.05) is 26.1 Å². The van der Waals surface area contributed by atoms with Gasteiger partial charge in [-0.25, -0.2) is 4.79 Å². The van der Waals surface area contributed by atoms with E-state index >= 15 is 0 Å². The fraction of sp³-hybridized carbons (Fsp3) is 0.423. The summed E-state index contributed by atoms with van der Waals surface area (Å²) in [6, 6.07) is 16.2. The largest absolute Gasteiger partial charge is 0.480 e. The molecule has 2 aromatic rings. The summed E-state index contributed by atoms with van der Waals surface area (Å²) in [5, 5.41) is 11.9. The smallest absolute Gasteiger partial charge is 0.407 e. The molecule has 2 aromatic carbocycles. The molecule has 2 amide bonds. The highest BCUT2D eigenvalue weighted by atomic mass is 16.5. The zero-order valence-electron chi connectivity index (χ0n) is 19.9. The molecule has 8 nitrogen and oxygen atoms in total. The first kappa shape index (κ1) is 25.2. The summed E-state index contributed by atoms with van der Waals surface area (Å²) >= 11 is 0. The second-order valence-corrected chi connectivity index (χ2v) is 8.71. The number of amides is 2. The van der Waals surface area contributed by atoms with Crippen LogP contribution in [-0.4, -0.2) is 67.9 Å². The molecule has 1 aliphatic rings. The molecule has 0 radical (unpaired) electrons. The summed E-state index contributed by atoms with van der Waals surface area (Å²) in [5.74, 6) is -1.52. The Hall–Kier alpha value is -3.39. The Morgan fingerprint density at radius 1 is 1.06 bits per heavy atom. The van der Waals surface area contributed by atoms with Gasteiger partial charge < -0.3 is 24.8 Å². The van der Waals surface area contributed by atoms with Crippen LogP contribution in [0.5, 0.6) is 0 Å². The number of hydrogen-bond donors (Lipinski definition) is 2. The van der Waals surface area contributed by atoms with Crippen LogP contribution in [0, 0.1) is 5.41 Å². The van der Waals surface area contributed by atoms with Crippen molar-refractivity contribution in [1.29, 1.82) is 0 Å². The molecule has 182 valence electrons. The average Bonchev–Trinajstić information content (AvgIpc) is 3.16. The molecule has 1 atom stereocenters. The van der Waals surface area contributed by atoms with Crippen LogP contribution in [0.2, 0.25) is 0 Å². The van der Waals surface area contributed by atoms with Crippen molar-refractivity contribution in [2.24, 2.45) is 5.41 Å². The standard InChI is InChI=1S/C26H32N2O6/c1-4-26(2,24(31)28(13-14-33-3)15-23(29)30)17-27-25(32)34-16-22-20-11-7-5-9-18(20)19-10-6-8-12-21(19)22/h5-12,22H,4,13-17H2,1-3H3,(H,27,32)(H,29,30). The predicted octanol–water partition coefficient (Wildman–Crippen LogP) is 3.50. The maximum Gasteiger partial charge on any atom is 0.407 e. The second-order valence-electron chi connectivity index (χ2n) is 8.71. The van der Waals surface area contributed by atoms with E-state index in [1.165, 1.54) is 12.0 Å². The van der Waals surface area contributed by atoms with Crippen molar-refractivity contribution in [3.05, 3.63) is 59.7 Å². The van der Waals surface area contributed by atoms with E-state index in [9.17, 15) is 19.5 Å². The molecule has 0 saturated heterocycles. The van der Waals surface area contributed by atoms with E-state index in [2.05, 4.69) is 17.4 Å². The topological polar surface area (TPSA) is 105 Å². The molecule has 0 saturated carbocycles. The Morgan fingerprint density at radius 3 is 2.18 bits per heavy atom. The number of carbonyl (C=O) groups is 3. The summed E-state index contributed by atoms with van der Waals surface area (Å²) in [5.41, 5.74) is 3.55. The van der Waals surface area contributed by atoms with Crippen LogP contribution >= 0.6 is 0 Å². The number of nitrogens with zero attached hydrogens (tertiary/aromatic N) is 1. The minimum Gasteiger partial charge on any atom is -0.480 e. The van der Waals surface area contributed by atoms with Gasteiger partial charge in [-0.15, -0.1) is 0 Å². The summed E-state index contributed by atoms with van der Waals surface area (Å²) < 4.78 is 10.6. The van der Waals surface area contributed by atoms with E-state index in [1.807, 2.05) is 43.3 Å². The van der Waals surface area contributed by atoms with Crippen molar-refractivity contribution in [2.75, 3.05) is 40.0 Å². The van der Waals surface area contributed by atoms with Crippen LogP contribution in [0.1, 0.15) is 37.3 Å². The summed E-state index contributed by atoms with van der Waals surface area (Å²) in [7, 11) is 1.49. The van der Waals surface area contributed by atoms with Gasteiger partial charge >= 0.3 is 12.1 Å². The van der Waals surface area contributed by atoms with E-state index in [1.54, 1.807) is 6.92 Å². The van der Waals surface area contributed by atoms with Crippen molar-refractivity contribution < 1.29 is 29.0 Å². The fourth-order valence-electron chi connectivity index (χ4n) is 4.27. The third-order valence-corrected chi connectivity index (χ3v) is 6.44. The zero-order chi connectivity index (χ0) is 24.7. The molecule has 0 heterocycles. The van der Waals surface area contributed by atoms with Gasteiger partial charge in [0.1, 0.15) is 13.2 Å².